The quantitative estimate of drug-likeness (QED) is 0.896. The van der Waals surface area contributed by atoms with Crippen LogP contribution in [0.2, 0.25) is 5.02 Å². The van der Waals surface area contributed by atoms with Gasteiger partial charge in [-0.2, -0.15) is 0 Å². The molecule has 0 aromatic heterocycles. The molecule has 5 nitrogen and oxygen atoms in total. The molecule has 2 aromatic rings. The Balaban J connectivity index is 1.57. The summed E-state index contributed by atoms with van der Waals surface area (Å²) in [5.74, 6) is 0.161. The monoisotopic (exact) mass is 344 g/mol. The predicted octanol–water partition coefficient (Wildman–Crippen LogP) is 2.71. The third-order valence-electron chi connectivity index (χ3n) is 3.82. The molecule has 1 aliphatic heterocycles. The van der Waals surface area contributed by atoms with Crippen molar-refractivity contribution in [2.75, 3.05) is 13.2 Å². The summed E-state index contributed by atoms with van der Waals surface area (Å²) in [7, 11) is 0. The Labute approximate surface area is 145 Å². The van der Waals surface area contributed by atoms with Gasteiger partial charge < -0.3 is 15.4 Å². The number of carbonyl (C=O) groups excluding carboxylic acids is 2. The molecule has 1 heterocycles. The van der Waals surface area contributed by atoms with E-state index in [0.29, 0.717) is 23.6 Å². The lowest BCUT2D eigenvalue weighted by molar-refractivity contribution is -0.121. The average molecular weight is 345 g/mol. The molecule has 0 saturated carbocycles. The van der Waals surface area contributed by atoms with Crippen LogP contribution in [0, 0.1) is 0 Å². The van der Waals surface area contributed by atoms with E-state index in [0.717, 1.165) is 11.3 Å². The number of fused-ring (bicyclic) bond motifs is 1. The van der Waals surface area contributed by atoms with Crippen LogP contribution in [0.15, 0.2) is 48.5 Å². The maximum atomic E-state index is 12.1. The van der Waals surface area contributed by atoms with Gasteiger partial charge >= 0.3 is 0 Å². The van der Waals surface area contributed by atoms with Gasteiger partial charge in [0.05, 0.1) is 29.8 Å². The fourth-order valence-electron chi connectivity index (χ4n) is 2.64. The number of nitrogens with one attached hydrogen (secondary N) is 2. The van der Waals surface area contributed by atoms with Crippen LogP contribution >= 0.6 is 11.6 Å². The zero-order valence-corrected chi connectivity index (χ0v) is 13.7. The van der Waals surface area contributed by atoms with E-state index in [1.54, 1.807) is 24.3 Å². The molecule has 0 aliphatic carbocycles. The highest BCUT2D eigenvalue weighted by atomic mass is 35.5. The number of carbonyl (C=O) groups is 2. The number of halogens is 1. The van der Waals surface area contributed by atoms with Crippen LogP contribution in [-0.4, -0.2) is 25.0 Å². The Morgan fingerprint density at radius 3 is 2.71 bits per heavy atom. The molecule has 2 amide bonds. The molecular formula is C18H17ClN2O3. The molecule has 3 rings (SSSR count). The van der Waals surface area contributed by atoms with Crippen molar-refractivity contribution in [2.24, 2.45) is 0 Å². The normalized spacial score (nSPS) is 15.8. The number of rotatable bonds is 4. The van der Waals surface area contributed by atoms with Crippen molar-refractivity contribution in [3.05, 3.63) is 64.7 Å². The van der Waals surface area contributed by atoms with Gasteiger partial charge in [-0.3, -0.25) is 9.59 Å². The Kier molecular flexibility index (Phi) is 5.01. The summed E-state index contributed by atoms with van der Waals surface area (Å²) < 4.78 is 5.57. The average Bonchev–Trinajstić information content (AvgIpc) is 2.60. The van der Waals surface area contributed by atoms with Gasteiger partial charge in [-0.25, -0.2) is 0 Å². The molecule has 0 saturated heterocycles. The first kappa shape index (κ1) is 16.3. The smallest absolute Gasteiger partial charge is 0.253 e. The van der Waals surface area contributed by atoms with Crippen molar-refractivity contribution in [3.8, 4) is 5.75 Å². The molecular weight excluding hydrogens is 328 g/mol. The molecule has 0 radical (unpaired) electrons. The molecule has 0 fully saturated rings. The van der Waals surface area contributed by atoms with E-state index in [1.165, 1.54) is 0 Å². The minimum Gasteiger partial charge on any atom is -0.493 e. The van der Waals surface area contributed by atoms with E-state index in [9.17, 15) is 9.59 Å². The topological polar surface area (TPSA) is 67.4 Å². The lowest BCUT2D eigenvalue weighted by Crippen LogP contribution is -2.40. The first-order chi connectivity index (χ1) is 11.6. The van der Waals surface area contributed by atoms with Gasteiger partial charge in [0.1, 0.15) is 5.75 Å². The zero-order chi connectivity index (χ0) is 16.9. The highest BCUT2D eigenvalue weighted by molar-refractivity contribution is 6.33. The van der Waals surface area contributed by atoms with Crippen LogP contribution in [-0.2, 0) is 4.79 Å². The first-order valence-corrected chi connectivity index (χ1v) is 8.07. The van der Waals surface area contributed by atoms with Crippen molar-refractivity contribution in [2.45, 2.75) is 12.5 Å². The minimum atomic E-state index is -0.372. The summed E-state index contributed by atoms with van der Waals surface area (Å²) in [6, 6.07) is 14.2. The SMILES string of the molecule is O=C(CNC(=O)c1ccccc1Cl)NC1CCOc2ccccc21. The Hall–Kier alpha value is -2.53. The molecule has 1 aliphatic rings. The van der Waals surface area contributed by atoms with Gasteiger partial charge in [0.25, 0.3) is 5.91 Å². The zero-order valence-electron chi connectivity index (χ0n) is 12.9. The van der Waals surface area contributed by atoms with Crippen LogP contribution in [0.1, 0.15) is 28.4 Å². The number of benzene rings is 2. The largest absolute Gasteiger partial charge is 0.493 e. The molecule has 0 spiro atoms. The van der Waals surface area contributed by atoms with Gasteiger partial charge in [-0.1, -0.05) is 41.9 Å². The molecule has 1 unspecified atom stereocenters. The Morgan fingerprint density at radius 1 is 1.12 bits per heavy atom. The first-order valence-electron chi connectivity index (χ1n) is 7.69. The molecule has 1 atom stereocenters. The minimum absolute atomic E-state index is 0.108. The van der Waals surface area contributed by atoms with E-state index in [-0.39, 0.29) is 24.4 Å². The summed E-state index contributed by atoms with van der Waals surface area (Å²) in [4.78, 5) is 24.2. The molecule has 124 valence electrons. The van der Waals surface area contributed by atoms with Gasteiger partial charge in [0.15, 0.2) is 0 Å². The molecule has 0 bridgehead atoms. The van der Waals surface area contributed by atoms with Crippen molar-refractivity contribution >= 4 is 23.4 Å². The Morgan fingerprint density at radius 2 is 1.88 bits per heavy atom. The van der Waals surface area contributed by atoms with Crippen molar-refractivity contribution in [3.63, 3.8) is 0 Å². The summed E-state index contributed by atoms with van der Waals surface area (Å²) >= 11 is 5.97. The van der Waals surface area contributed by atoms with E-state index in [4.69, 9.17) is 16.3 Å². The number of hydrogen-bond acceptors (Lipinski definition) is 3. The van der Waals surface area contributed by atoms with Crippen molar-refractivity contribution < 1.29 is 14.3 Å². The van der Waals surface area contributed by atoms with E-state index in [2.05, 4.69) is 10.6 Å². The maximum Gasteiger partial charge on any atom is 0.253 e. The van der Waals surface area contributed by atoms with Crippen LogP contribution in [0.3, 0.4) is 0 Å². The standard InChI is InChI=1S/C18H17ClN2O3/c19-14-7-3-1-5-12(14)18(23)20-11-17(22)21-15-9-10-24-16-8-4-2-6-13(15)16/h1-8,15H,9-11H2,(H,20,23)(H,21,22). The molecule has 2 N–H and O–H groups in total. The van der Waals surface area contributed by atoms with Crippen LogP contribution < -0.4 is 15.4 Å². The lowest BCUT2D eigenvalue weighted by Gasteiger charge is -2.26. The summed E-state index contributed by atoms with van der Waals surface area (Å²) in [5.41, 5.74) is 1.30. The van der Waals surface area contributed by atoms with Gasteiger partial charge in [0.2, 0.25) is 5.91 Å². The predicted molar refractivity (Wildman–Crippen MR) is 91.2 cm³/mol. The number of para-hydroxylation sites is 1. The Bertz CT molecular complexity index is 763. The second kappa shape index (κ2) is 7.36. The summed E-state index contributed by atoms with van der Waals surface area (Å²) in [5, 5.41) is 5.87. The van der Waals surface area contributed by atoms with E-state index < -0.39 is 0 Å². The van der Waals surface area contributed by atoms with Crippen molar-refractivity contribution in [1.29, 1.82) is 0 Å². The molecule has 2 aromatic carbocycles. The van der Waals surface area contributed by atoms with E-state index in [1.807, 2.05) is 24.3 Å². The molecule has 24 heavy (non-hydrogen) atoms. The summed E-state index contributed by atoms with van der Waals surface area (Å²) in [6.45, 7) is 0.442. The van der Waals surface area contributed by atoms with Gasteiger partial charge in [0, 0.05) is 12.0 Å². The second-order valence-corrected chi connectivity index (χ2v) is 5.86. The van der Waals surface area contributed by atoms with Gasteiger partial charge in [-0.05, 0) is 18.2 Å². The highest BCUT2D eigenvalue weighted by Crippen LogP contribution is 2.31. The number of ether oxygens (including phenoxy) is 1. The third kappa shape index (κ3) is 3.68. The number of amides is 2. The summed E-state index contributed by atoms with van der Waals surface area (Å²) in [6.07, 6.45) is 0.696. The lowest BCUT2D eigenvalue weighted by atomic mass is 10.0. The van der Waals surface area contributed by atoms with Gasteiger partial charge in [-0.15, -0.1) is 0 Å². The third-order valence-corrected chi connectivity index (χ3v) is 4.15. The van der Waals surface area contributed by atoms with E-state index >= 15 is 0 Å². The number of hydrogen-bond donors (Lipinski definition) is 2. The fraction of sp³-hybridized carbons (Fsp3) is 0.222. The second-order valence-electron chi connectivity index (χ2n) is 5.46. The molecule has 6 heteroatoms. The van der Waals surface area contributed by atoms with Crippen LogP contribution in [0.4, 0.5) is 0 Å². The van der Waals surface area contributed by atoms with Crippen molar-refractivity contribution in [1.82, 2.24) is 10.6 Å². The fourth-order valence-corrected chi connectivity index (χ4v) is 2.86. The highest BCUT2D eigenvalue weighted by Gasteiger charge is 2.22. The van der Waals surface area contributed by atoms with Crippen LogP contribution in [0.5, 0.6) is 5.75 Å². The maximum absolute atomic E-state index is 12.1. The van der Waals surface area contributed by atoms with Crippen LogP contribution in [0.25, 0.3) is 0 Å².